The topological polar surface area (TPSA) is 115 Å². The molecule has 0 aliphatic carbocycles. The third-order valence-corrected chi connectivity index (χ3v) is 0.830. The lowest BCUT2D eigenvalue weighted by atomic mass is 10.3. The fourth-order valence-corrected chi connectivity index (χ4v) is 0.493. The highest BCUT2D eigenvalue weighted by molar-refractivity contribution is 7.79. The predicted molar refractivity (Wildman–Crippen MR) is 43.9 cm³/mol. The molecule has 13 heavy (non-hydrogen) atoms. The van der Waals surface area contributed by atoms with Crippen LogP contribution in [0.3, 0.4) is 0 Å². The highest BCUT2D eigenvalue weighted by Crippen LogP contribution is 2.14. The number of hydrogen-bond donors (Lipinski definition) is 4. The highest BCUT2D eigenvalue weighted by Gasteiger charge is 1.85. The average molecular weight is 208 g/mol. The number of phenols is 2. The molecule has 0 bridgehead atoms. The summed E-state index contributed by atoms with van der Waals surface area (Å²) in [5.41, 5.74) is 0. The number of hydrogen-bond acceptors (Lipinski definition) is 4. The molecule has 0 unspecified atom stereocenters. The molecule has 1 aromatic rings. The minimum Gasteiger partial charge on any atom is -0.508 e. The van der Waals surface area contributed by atoms with E-state index in [1.54, 1.807) is 6.07 Å². The third-order valence-electron chi connectivity index (χ3n) is 0.830. The van der Waals surface area contributed by atoms with E-state index in [-0.39, 0.29) is 11.5 Å². The molecule has 1 aromatic carbocycles. The Morgan fingerprint density at radius 3 is 1.46 bits per heavy atom. The van der Waals surface area contributed by atoms with Crippen LogP contribution in [-0.2, 0) is 10.4 Å². The van der Waals surface area contributed by atoms with E-state index in [1.807, 2.05) is 0 Å². The summed E-state index contributed by atoms with van der Waals surface area (Å²) in [6, 6.07) is 5.85. The van der Waals surface area contributed by atoms with Gasteiger partial charge in [0.2, 0.25) is 0 Å². The van der Waals surface area contributed by atoms with Crippen molar-refractivity contribution in [3.63, 3.8) is 0 Å². The Kier molecular flexibility index (Phi) is 4.18. The summed E-state index contributed by atoms with van der Waals surface area (Å²) in [5.74, 6) is 0.176. The second kappa shape index (κ2) is 4.65. The van der Waals surface area contributed by atoms with Gasteiger partial charge in [0, 0.05) is 6.07 Å². The zero-order valence-electron chi connectivity index (χ0n) is 6.32. The van der Waals surface area contributed by atoms with Crippen LogP contribution >= 0.6 is 0 Å². The molecule has 74 valence electrons. The standard InChI is InChI=1S/C6H6O2.H2O4S/c7-5-2-1-3-6(8)4-5;1-5(2,3)4/h1-4,7-8H;(H2,1,2,3,4). The van der Waals surface area contributed by atoms with Crippen LogP contribution in [0.5, 0.6) is 11.5 Å². The molecule has 0 atom stereocenters. The van der Waals surface area contributed by atoms with Crippen molar-refractivity contribution in [3.8, 4) is 11.5 Å². The summed E-state index contributed by atoms with van der Waals surface area (Å²) in [4.78, 5) is 0. The summed E-state index contributed by atoms with van der Waals surface area (Å²) in [6.45, 7) is 0. The van der Waals surface area contributed by atoms with E-state index < -0.39 is 10.4 Å². The van der Waals surface area contributed by atoms with Crippen LogP contribution in [0.1, 0.15) is 0 Å². The SMILES string of the molecule is O=S(=O)(O)O.Oc1cccc(O)c1. The zero-order chi connectivity index (χ0) is 10.5. The molecular formula is C6H8O6S. The molecule has 0 aliphatic rings. The Balaban J connectivity index is 0.000000252. The Bertz CT molecular complexity index is 332. The van der Waals surface area contributed by atoms with Crippen LogP contribution in [0, 0.1) is 0 Å². The van der Waals surface area contributed by atoms with Crippen molar-refractivity contribution in [1.82, 2.24) is 0 Å². The van der Waals surface area contributed by atoms with Gasteiger partial charge in [-0.3, -0.25) is 9.11 Å². The van der Waals surface area contributed by atoms with Crippen LogP contribution in [0.2, 0.25) is 0 Å². The Hall–Kier alpha value is -1.31. The van der Waals surface area contributed by atoms with Gasteiger partial charge < -0.3 is 10.2 Å². The van der Waals surface area contributed by atoms with E-state index in [0.717, 1.165) is 0 Å². The van der Waals surface area contributed by atoms with Crippen molar-refractivity contribution < 1.29 is 27.7 Å². The number of rotatable bonds is 0. The summed E-state index contributed by atoms with van der Waals surface area (Å²) < 4.78 is 31.6. The Morgan fingerprint density at radius 1 is 1.00 bits per heavy atom. The lowest BCUT2D eigenvalue weighted by molar-refractivity contribution is 0.381. The molecule has 0 fully saturated rings. The molecule has 0 aliphatic heterocycles. The van der Waals surface area contributed by atoms with E-state index in [1.165, 1.54) is 18.2 Å². The molecule has 0 radical (unpaired) electrons. The molecule has 0 saturated carbocycles. The van der Waals surface area contributed by atoms with Crippen LogP contribution in [-0.4, -0.2) is 27.7 Å². The summed E-state index contributed by atoms with van der Waals surface area (Å²) >= 11 is 0. The highest BCUT2D eigenvalue weighted by atomic mass is 32.3. The molecule has 0 amide bonds. The molecule has 6 nitrogen and oxygen atoms in total. The fourth-order valence-electron chi connectivity index (χ4n) is 0.493. The predicted octanol–water partition coefficient (Wildman–Crippen LogP) is 0.445. The largest absolute Gasteiger partial charge is 0.508 e. The van der Waals surface area contributed by atoms with Gasteiger partial charge in [-0.2, -0.15) is 8.42 Å². The molecule has 0 saturated heterocycles. The van der Waals surface area contributed by atoms with Crippen molar-refractivity contribution in [2.75, 3.05) is 0 Å². The van der Waals surface area contributed by atoms with Crippen LogP contribution < -0.4 is 0 Å². The summed E-state index contributed by atoms with van der Waals surface area (Å²) in [5, 5.41) is 17.3. The van der Waals surface area contributed by atoms with Crippen LogP contribution in [0.25, 0.3) is 0 Å². The maximum absolute atomic E-state index is 8.74. The average Bonchev–Trinajstić information content (AvgIpc) is 1.81. The summed E-state index contributed by atoms with van der Waals surface area (Å²) in [6.07, 6.45) is 0. The van der Waals surface area contributed by atoms with Gasteiger partial charge in [-0.15, -0.1) is 0 Å². The minimum absolute atomic E-state index is 0.0880. The van der Waals surface area contributed by atoms with Crippen LogP contribution in [0.4, 0.5) is 0 Å². The van der Waals surface area contributed by atoms with Gasteiger partial charge in [0.25, 0.3) is 0 Å². The van der Waals surface area contributed by atoms with Gasteiger partial charge in [0.05, 0.1) is 0 Å². The Morgan fingerprint density at radius 2 is 1.31 bits per heavy atom. The molecule has 0 aromatic heterocycles. The maximum atomic E-state index is 8.74. The molecule has 4 N–H and O–H groups in total. The van der Waals surface area contributed by atoms with Crippen molar-refractivity contribution in [1.29, 1.82) is 0 Å². The monoisotopic (exact) mass is 208 g/mol. The van der Waals surface area contributed by atoms with Crippen molar-refractivity contribution >= 4 is 10.4 Å². The van der Waals surface area contributed by atoms with Gasteiger partial charge in [0.1, 0.15) is 11.5 Å². The van der Waals surface area contributed by atoms with Crippen molar-refractivity contribution in [2.45, 2.75) is 0 Å². The van der Waals surface area contributed by atoms with E-state index in [4.69, 9.17) is 27.7 Å². The number of phenolic OH excluding ortho intramolecular Hbond substituents is 2. The van der Waals surface area contributed by atoms with Gasteiger partial charge in [-0.05, 0) is 12.1 Å². The third kappa shape index (κ3) is 10.7. The van der Waals surface area contributed by atoms with Crippen molar-refractivity contribution in [3.05, 3.63) is 24.3 Å². The normalized spacial score (nSPS) is 10.0. The van der Waals surface area contributed by atoms with E-state index in [0.29, 0.717) is 0 Å². The first kappa shape index (κ1) is 11.7. The molecular weight excluding hydrogens is 200 g/mol. The van der Waals surface area contributed by atoms with Crippen molar-refractivity contribution in [2.24, 2.45) is 0 Å². The van der Waals surface area contributed by atoms with E-state index in [9.17, 15) is 0 Å². The Labute approximate surface area is 74.7 Å². The first-order valence-corrected chi connectivity index (χ1v) is 4.36. The lowest BCUT2D eigenvalue weighted by Crippen LogP contribution is -1.89. The molecule has 1 rings (SSSR count). The quantitative estimate of drug-likeness (QED) is 0.460. The van der Waals surface area contributed by atoms with Gasteiger partial charge in [-0.25, -0.2) is 0 Å². The number of benzene rings is 1. The zero-order valence-corrected chi connectivity index (χ0v) is 7.14. The molecule has 0 spiro atoms. The molecule has 0 heterocycles. The smallest absolute Gasteiger partial charge is 0.394 e. The fraction of sp³-hybridized carbons (Fsp3) is 0. The van der Waals surface area contributed by atoms with Gasteiger partial charge in [0.15, 0.2) is 0 Å². The first-order chi connectivity index (χ1) is 5.79. The first-order valence-electron chi connectivity index (χ1n) is 2.97. The maximum Gasteiger partial charge on any atom is 0.394 e. The molecule has 7 heteroatoms. The number of aromatic hydroxyl groups is 2. The van der Waals surface area contributed by atoms with Gasteiger partial charge in [-0.1, -0.05) is 6.07 Å². The van der Waals surface area contributed by atoms with E-state index >= 15 is 0 Å². The summed E-state index contributed by atoms with van der Waals surface area (Å²) in [7, 11) is -4.67. The van der Waals surface area contributed by atoms with Gasteiger partial charge >= 0.3 is 10.4 Å². The second-order valence-electron chi connectivity index (χ2n) is 1.97. The lowest BCUT2D eigenvalue weighted by Gasteiger charge is -1.89. The minimum atomic E-state index is -4.67. The second-order valence-corrected chi connectivity index (χ2v) is 2.86. The van der Waals surface area contributed by atoms with Crippen LogP contribution in [0.15, 0.2) is 24.3 Å². The van der Waals surface area contributed by atoms with E-state index in [2.05, 4.69) is 0 Å².